The predicted octanol–water partition coefficient (Wildman–Crippen LogP) is 3.04. The highest BCUT2D eigenvalue weighted by molar-refractivity contribution is 5.87. The molecular formula is C23H29N5O2. The molecule has 7 nitrogen and oxygen atoms in total. The van der Waals surface area contributed by atoms with Gasteiger partial charge < -0.3 is 20.6 Å². The number of aromatic amines is 1. The van der Waals surface area contributed by atoms with Crippen LogP contribution in [0.4, 0.5) is 5.82 Å². The second-order valence-electron chi connectivity index (χ2n) is 7.73. The maximum Gasteiger partial charge on any atom is 0.319 e. The molecule has 1 atom stereocenters. The first-order chi connectivity index (χ1) is 14.7. The van der Waals surface area contributed by atoms with Gasteiger partial charge in [-0.1, -0.05) is 49.8 Å². The average Bonchev–Trinajstić information content (AvgIpc) is 3.37. The van der Waals surface area contributed by atoms with Crippen molar-refractivity contribution in [3.8, 4) is 6.01 Å². The predicted molar refractivity (Wildman–Crippen MR) is 118 cm³/mol. The molecule has 0 spiro atoms. The lowest BCUT2D eigenvalue weighted by molar-refractivity contribution is 0.169. The number of ether oxygens (including phenoxy) is 1. The molecule has 30 heavy (non-hydrogen) atoms. The highest BCUT2D eigenvalue weighted by atomic mass is 16.5. The fourth-order valence-corrected chi connectivity index (χ4v) is 3.75. The van der Waals surface area contributed by atoms with Crippen LogP contribution in [0.2, 0.25) is 0 Å². The average molecular weight is 408 g/mol. The van der Waals surface area contributed by atoms with Crippen LogP contribution >= 0.6 is 0 Å². The summed E-state index contributed by atoms with van der Waals surface area (Å²) in [5, 5.41) is 9.46. The fraction of sp³-hybridized carbons (Fsp3) is 0.391. The van der Waals surface area contributed by atoms with Gasteiger partial charge in [0.1, 0.15) is 11.0 Å². The van der Waals surface area contributed by atoms with Gasteiger partial charge in [0, 0.05) is 31.3 Å². The number of anilines is 1. The van der Waals surface area contributed by atoms with Gasteiger partial charge in [0.05, 0.1) is 19.3 Å². The number of nitrogen functional groups attached to an aromatic ring is 1. The summed E-state index contributed by atoms with van der Waals surface area (Å²) in [5.74, 6) is 0.408. The number of hydrogen-bond acceptors (Lipinski definition) is 6. The van der Waals surface area contributed by atoms with E-state index in [0.29, 0.717) is 18.4 Å². The van der Waals surface area contributed by atoms with E-state index >= 15 is 0 Å². The molecule has 1 aliphatic heterocycles. The molecular weight excluding hydrogens is 378 g/mol. The van der Waals surface area contributed by atoms with Crippen molar-refractivity contribution in [3.05, 3.63) is 59.3 Å². The van der Waals surface area contributed by atoms with Gasteiger partial charge in [-0.05, 0) is 17.5 Å². The first-order valence-electron chi connectivity index (χ1n) is 10.5. The Morgan fingerprint density at radius 1 is 1.23 bits per heavy atom. The number of H-pyrrole nitrogens is 1. The van der Waals surface area contributed by atoms with E-state index in [1.54, 1.807) is 0 Å². The Balaban J connectivity index is 1.47. The van der Waals surface area contributed by atoms with Gasteiger partial charge in [-0.25, -0.2) is 0 Å². The highest BCUT2D eigenvalue weighted by Crippen LogP contribution is 2.25. The normalized spacial score (nSPS) is 16.5. The van der Waals surface area contributed by atoms with Crippen molar-refractivity contribution in [3.63, 3.8) is 0 Å². The SMILES string of the molecule is CCCCOc1nc(N)c2[nH]cc(Cc3ccc(CN4CC=CC4CO)cc3)c2n1. The molecule has 4 rings (SSSR count). The first-order valence-corrected chi connectivity index (χ1v) is 10.5. The van der Waals surface area contributed by atoms with E-state index in [2.05, 4.69) is 63.2 Å². The van der Waals surface area contributed by atoms with E-state index in [1.165, 1.54) is 11.1 Å². The van der Waals surface area contributed by atoms with E-state index in [0.717, 1.165) is 48.9 Å². The lowest BCUT2D eigenvalue weighted by Crippen LogP contribution is -2.32. The molecule has 0 amide bonds. The second-order valence-corrected chi connectivity index (χ2v) is 7.73. The summed E-state index contributed by atoms with van der Waals surface area (Å²) in [5.41, 5.74) is 11.2. The van der Waals surface area contributed by atoms with Crippen LogP contribution in [-0.4, -0.2) is 50.8 Å². The number of fused-ring (bicyclic) bond motifs is 1. The van der Waals surface area contributed by atoms with Gasteiger partial charge >= 0.3 is 6.01 Å². The first kappa shape index (κ1) is 20.4. The number of rotatable bonds is 9. The summed E-state index contributed by atoms with van der Waals surface area (Å²) in [6.07, 6.45) is 8.88. The number of unbranched alkanes of at least 4 members (excludes halogenated alkanes) is 1. The monoisotopic (exact) mass is 407 g/mol. The van der Waals surface area contributed by atoms with Crippen molar-refractivity contribution >= 4 is 16.9 Å². The Morgan fingerprint density at radius 2 is 2.03 bits per heavy atom. The number of aliphatic hydroxyl groups excluding tert-OH is 1. The van der Waals surface area contributed by atoms with E-state index in [1.807, 2.05) is 6.20 Å². The molecule has 0 bridgehead atoms. The summed E-state index contributed by atoms with van der Waals surface area (Å²) in [7, 11) is 0. The van der Waals surface area contributed by atoms with Crippen LogP contribution in [0.3, 0.4) is 0 Å². The molecule has 7 heteroatoms. The van der Waals surface area contributed by atoms with Crippen molar-refractivity contribution < 1.29 is 9.84 Å². The Morgan fingerprint density at radius 3 is 2.80 bits per heavy atom. The Bertz CT molecular complexity index is 1010. The molecule has 0 fully saturated rings. The second kappa shape index (κ2) is 9.28. The number of nitrogens with one attached hydrogen (secondary N) is 1. The molecule has 1 aliphatic rings. The van der Waals surface area contributed by atoms with Crippen LogP contribution in [-0.2, 0) is 13.0 Å². The van der Waals surface area contributed by atoms with Gasteiger partial charge in [-0.15, -0.1) is 0 Å². The fourth-order valence-electron chi connectivity index (χ4n) is 3.75. The topological polar surface area (TPSA) is 100 Å². The number of nitrogens with zero attached hydrogens (tertiary/aromatic N) is 3. The van der Waals surface area contributed by atoms with E-state index in [4.69, 9.17) is 10.5 Å². The molecule has 2 aromatic heterocycles. The number of hydrogen-bond donors (Lipinski definition) is 3. The van der Waals surface area contributed by atoms with Crippen LogP contribution in [0.5, 0.6) is 6.01 Å². The number of nitrogens with two attached hydrogens (primary N) is 1. The van der Waals surface area contributed by atoms with Gasteiger partial charge in [0.2, 0.25) is 0 Å². The third-order valence-electron chi connectivity index (χ3n) is 5.50. The van der Waals surface area contributed by atoms with Gasteiger partial charge in [-0.3, -0.25) is 4.90 Å². The quantitative estimate of drug-likeness (QED) is 0.372. The maximum atomic E-state index is 9.46. The van der Waals surface area contributed by atoms with Gasteiger partial charge in [0.25, 0.3) is 0 Å². The van der Waals surface area contributed by atoms with E-state index < -0.39 is 0 Å². The Hall–Kier alpha value is -2.90. The van der Waals surface area contributed by atoms with Crippen molar-refractivity contribution in [2.75, 3.05) is 25.5 Å². The van der Waals surface area contributed by atoms with E-state index in [9.17, 15) is 5.11 Å². The molecule has 0 saturated heterocycles. The van der Waals surface area contributed by atoms with Crippen molar-refractivity contribution in [1.82, 2.24) is 19.9 Å². The highest BCUT2D eigenvalue weighted by Gasteiger charge is 2.18. The summed E-state index contributed by atoms with van der Waals surface area (Å²) in [6, 6.07) is 9.06. The molecule has 0 saturated carbocycles. The van der Waals surface area contributed by atoms with Gasteiger partial charge in [0.15, 0.2) is 5.82 Å². The number of benzene rings is 1. The summed E-state index contributed by atoms with van der Waals surface area (Å²) < 4.78 is 5.66. The minimum Gasteiger partial charge on any atom is -0.463 e. The zero-order valence-corrected chi connectivity index (χ0v) is 17.3. The minimum atomic E-state index is 0.120. The van der Waals surface area contributed by atoms with Crippen LogP contribution in [0.1, 0.15) is 36.5 Å². The van der Waals surface area contributed by atoms with Gasteiger partial charge in [-0.2, -0.15) is 9.97 Å². The van der Waals surface area contributed by atoms with E-state index in [-0.39, 0.29) is 12.6 Å². The summed E-state index contributed by atoms with van der Waals surface area (Å²) in [4.78, 5) is 14.3. The summed E-state index contributed by atoms with van der Waals surface area (Å²) >= 11 is 0. The largest absolute Gasteiger partial charge is 0.463 e. The molecule has 158 valence electrons. The summed E-state index contributed by atoms with van der Waals surface area (Å²) in [6.45, 7) is 4.57. The molecule has 1 unspecified atom stereocenters. The molecule has 0 radical (unpaired) electrons. The zero-order valence-electron chi connectivity index (χ0n) is 17.3. The zero-order chi connectivity index (χ0) is 20.9. The van der Waals surface area contributed by atoms with Crippen LogP contribution in [0.15, 0.2) is 42.6 Å². The molecule has 3 heterocycles. The maximum absolute atomic E-state index is 9.46. The molecule has 0 aliphatic carbocycles. The van der Waals surface area contributed by atoms with Crippen LogP contribution in [0, 0.1) is 0 Å². The molecule has 3 aromatic rings. The van der Waals surface area contributed by atoms with Crippen molar-refractivity contribution in [2.24, 2.45) is 0 Å². The lowest BCUT2D eigenvalue weighted by Gasteiger charge is -2.22. The Kier molecular flexibility index (Phi) is 6.30. The van der Waals surface area contributed by atoms with Crippen molar-refractivity contribution in [2.45, 2.75) is 38.8 Å². The standard InChI is InChI=1S/C23H29N5O2/c1-2-3-11-30-23-26-20-18(13-25-21(20)22(24)27-23)12-16-6-8-17(9-7-16)14-28-10-4-5-19(28)15-29/h4-9,13,19,25,29H,2-3,10-12,14-15H2,1H3,(H2,24,26,27). The molecule has 1 aromatic carbocycles. The minimum absolute atomic E-state index is 0.120. The van der Waals surface area contributed by atoms with Crippen LogP contribution < -0.4 is 10.5 Å². The smallest absolute Gasteiger partial charge is 0.319 e. The third kappa shape index (κ3) is 4.47. The Labute approximate surface area is 176 Å². The molecule has 4 N–H and O–H groups in total. The van der Waals surface area contributed by atoms with Crippen molar-refractivity contribution in [1.29, 1.82) is 0 Å². The number of aromatic nitrogens is 3. The van der Waals surface area contributed by atoms with Crippen LogP contribution in [0.25, 0.3) is 11.0 Å². The number of aliphatic hydroxyl groups is 1. The lowest BCUT2D eigenvalue weighted by atomic mass is 10.0. The third-order valence-corrected chi connectivity index (χ3v) is 5.50.